The Balaban J connectivity index is 1.54. The van der Waals surface area contributed by atoms with Gasteiger partial charge in [-0.2, -0.15) is 0 Å². The van der Waals surface area contributed by atoms with Crippen molar-refractivity contribution in [2.24, 2.45) is 0 Å². The zero-order chi connectivity index (χ0) is 14.7. The van der Waals surface area contributed by atoms with Crippen molar-refractivity contribution in [3.63, 3.8) is 0 Å². The van der Waals surface area contributed by atoms with Gasteiger partial charge < -0.3 is 15.7 Å². The fourth-order valence-corrected chi connectivity index (χ4v) is 2.72. The molecule has 1 atom stereocenters. The summed E-state index contributed by atoms with van der Waals surface area (Å²) in [4.78, 5) is 12.0. The van der Waals surface area contributed by atoms with E-state index in [0.717, 1.165) is 13.0 Å². The Bertz CT molecular complexity index is 655. The van der Waals surface area contributed by atoms with Crippen LogP contribution in [0.1, 0.15) is 28.3 Å². The predicted octanol–water partition coefficient (Wildman–Crippen LogP) is 2.72. The minimum Gasteiger partial charge on any atom is -0.508 e. The molecule has 1 unspecified atom stereocenters. The normalized spacial score (nSPS) is 16.1. The highest BCUT2D eigenvalue weighted by atomic mass is 16.3. The van der Waals surface area contributed by atoms with Gasteiger partial charge in [-0.05, 0) is 36.2 Å². The Kier molecular flexibility index (Phi) is 3.77. The summed E-state index contributed by atoms with van der Waals surface area (Å²) in [7, 11) is 0. The predicted molar refractivity (Wildman–Crippen MR) is 82.7 cm³/mol. The molecule has 21 heavy (non-hydrogen) atoms. The number of amides is 1. The highest BCUT2D eigenvalue weighted by Gasteiger charge is 2.21. The average molecular weight is 282 g/mol. The lowest BCUT2D eigenvalue weighted by Gasteiger charge is -2.11. The van der Waals surface area contributed by atoms with Crippen LogP contribution in [-0.4, -0.2) is 24.1 Å². The lowest BCUT2D eigenvalue weighted by molar-refractivity contribution is 0.0952. The maximum atomic E-state index is 12.0. The van der Waals surface area contributed by atoms with Crippen LogP contribution in [0.25, 0.3) is 0 Å². The van der Waals surface area contributed by atoms with Crippen molar-refractivity contribution in [1.82, 2.24) is 5.32 Å². The van der Waals surface area contributed by atoms with Crippen LogP contribution in [0.3, 0.4) is 0 Å². The van der Waals surface area contributed by atoms with Gasteiger partial charge in [0.2, 0.25) is 0 Å². The summed E-state index contributed by atoms with van der Waals surface area (Å²) in [5.41, 5.74) is 3.01. The molecule has 108 valence electrons. The molecule has 0 saturated heterocycles. The fourth-order valence-electron chi connectivity index (χ4n) is 2.72. The van der Waals surface area contributed by atoms with Crippen LogP contribution >= 0.6 is 0 Å². The zero-order valence-electron chi connectivity index (χ0n) is 11.7. The minimum atomic E-state index is -0.148. The van der Waals surface area contributed by atoms with Gasteiger partial charge in [0, 0.05) is 30.3 Å². The van der Waals surface area contributed by atoms with Crippen molar-refractivity contribution in [2.75, 3.05) is 18.4 Å². The quantitative estimate of drug-likeness (QED) is 0.808. The monoisotopic (exact) mass is 282 g/mol. The lowest BCUT2D eigenvalue weighted by atomic mass is 9.98. The second kappa shape index (κ2) is 5.87. The molecule has 4 nitrogen and oxygen atoms in total. The summed E-state index contributed by atoms with van der Waals surface area (Å²) >= 11 is 0. The standard InChI is InChI=1S/C17H18N2O2/c20-14-5-3-4-12(10-14)17(21)18-9-8-13-11-19-16-7-2-1-6-15(13)16/h1-7,10,13,19-20H,8-9,11H2,(H,18,21). The number of anilines is 1. The molecule has 1 aliphatic rings. The van der Waals surface area contributed by atoms with Crippen LogP contribution in [0.4, 0.5) is 5.69 Å². The molecule has 0 aromatic heterocycles. The number of hydrogen-bond acceptors (Lipinski definition) is 3. The average Bonchev–Trinajstić information content (AvgIpc) is 2.91. The number of hydrogen-bond donors (Lipinski definition) is 3. The Labute approximate surface area is 123 Å². The minimum absolute atomic E-state index is 0.108. The summed E-state index contributed by atoms with van der Waals surface area (Å²) in [6, 6.07) is 14.7. The molecule has 0 bridgehead atoms. The number of carbonyl (C=O) groups is 1. The maximum absolute atomic E-state index is 12.0. The van der Waals surface area contributed by atoms with E-state index in [1.54, 1.807) is 18.2 Å². The summed E-state index contributed by atoms with van der Waals surface area (Å²) in [6.07, 6.45) is 0.897. The van der Waals surface area contributed by atoms with Gasteiger partial charge in [-0.25, -0.2) is 0 Å². The van der Waals surface area contributed by atoms with E-state index in [-0.39, 0.29) is 11.7 Å². The number of carbonyl (C=O) groups excluding carboxylic acids is 1. The number of phenols is 1. The lowest BCUT2D eigenvalue weighted by Crippen LogP contribution is -2.25. The third-order valence-electron chi connectivity index (χ3n) is 3.83. The van der Waals surface area contributed by atoms with Crippen molar-refractivity contribution < 1.29 is 9.90 Å². The fraction of sp³-hybridized carbons (Fsp3) is 0.235. The van der Waals surface area contributed by atoms with Crippen LogP contribution < -0.4 is 10.6 Å². The molecule has 2 aromatic rings. The first-order valence-electron chi connectivity index (χ1n) is 7.14. The van der Waals surface area contributed by atoms with E-state index in [0.29, 0.717) is 18.0 Å². The van der Waals surface area contributed by atoms with E-state index in [2.05, 4.69) is 22.8 Å². The van der Waals surface area contributed by atoms with Crippen LogP contribution in [0, 0.1) is 0 Å². The second-order valence-electron chi connectivity index (χ2n) is 5.26. The molecule has 1 heterocycles. The smallest absolute Gasteiger partial charge is 0.251 e. The Morgan fingerprint density at radius 1 is 1.24 bits per heavy atom. The molecule has 0 aliphatic carbocycles. The first-order valence-corrected chi connectivity index (χ1v) is 7.14. The van der Waals surface area contributed by atoms with Gasteiger partial charge in [0.15, 0.2) is 0 Å². The van der Waals surface area contributed by atoms with Crippen LogP contribution in [0.5, 0.6) is 5.75 Å². The van der Waals surface area contributed by atoms with Crippen molar-refractivity contribution in [1.29, 1.82) is 0 Å². The zero-order valence-corrected chi connectivity index (χ0v) is 11.7. The third-order valence-corrected chi connectivity index (χ3v) is 3.83. The molecular formula is C17H18N2O2. The van der Waals surface area contributed by atoms with Gasteiger partial charge in [0.1, 0.15) is 5.75 Å². The largest absolute Gasteiger partial charge is 0.508 e. The molecule has 3 N–H and O–H groups in total. The number of para-hydroxylation sites is 1. The van der Waals surface area contributed by atoms with E-state index in [1.165, 1.54) is 17.3 Å². The third kappa shape index (κ3) is 2.99. The first kappa shape index (κ1) is 13.5. The van der Waals surface area contributed by atoms with Gasteiger partial charge in [-0.15, -0.1) is 0 Å². The number of phenolic OH excluding ortho intramolecular Hbond substituents is 1. The Morgan fingerprint density at radius 3 is 2.95 bits per heavy atom. The molecular weight excluding hydrogens is 264 g/mol. The molecule has 1 amide bonds. The van der Waals surface area contributed by atoms with Crippen LogP contribution in [-0.2, 0) is 0 Å². The van der Waals surface area contributed by atoms with Crippen molar-refractivity contribution in [2.45, 2.75) is 12.3 Å². The Morgan fingerprint density at radius 2 is 2.10 bits per heavy atom. The van der Waals surface area contributed by atoms with Gasteiger partial charge in [0.25, 0.3) is 5.91 Å². The number of aromatic hydroxyl groups is 1. The molecule has 0 spiro atoms. The van der Waals surface area contributed by atoms with Gasteiger partial charge in [0.05, 0.1) is 0 Å². The van der Waals surface area contributed by atoms with Crippen molar-refractivity contribution >= 4 is 11.6 Å². The Hall–Kier alpha value is -2.49. The summed E-state index contributed by atoms with van der Waals surface area (Å²) < 4.78 is 0. The molecule has 4 heteroatoms. The van der Waals surface area contributed by atoms with Gasteiger partial charge in [-0.3, -0.25) is 4.79 Å². The molecule has 2 aromatic carbocycles. The van der Waals surface area contributed by atoms with E-state index in [1.807, 2.05) is 12.1 Å². The van der Waals surface area contributed by atoms with E-state index in [9.17, 15) is 9.90 Å². The highest BCUT2D eigenvalue weighted by molar-refractivity contribution is 5.94. The second-order valence-corrected chi connectivity index (χ2v) is 5.26. The van der Waals surface area contributed by atoms with Gasteiger partial charge >= 0.3 is 0 Å². The molecule has 1 aliphatic heterocycles. The van der Waals surface area contributed by atoms with Crippen molar-refractivity contribution in [3.05, 3.63) is 59.7 Å². The first-order chi connectivity index (χ1) is 10.2. The number of benzene rings is 2. The van der Waals surface area contributed by atoms with E-state index in [4.69, 9.17) is 0 Å². The molecule has 0 saturated carbocycles. The number of fused-ring (bicyclic) bond motifs is 1. The molecule has 0 fully saturated rings. The molecule has 3 rings (SSSR count). The summed E-state index contributed by atoms with van der Waals surface area (Å²) in [6.45, 7) is 1.54. The van der Waals surface area contributed by atoms with Crippen LogP contribution in [0.15, 0.2) is 48.5 Å². The van der Waals surface area contributed by atoms with Crippen LogP contribution in [0.2, 0.25) is 0 Å². The summed E-state index contributed by atoms with van der Waals surface area (Å²) in [5.74, 6) is 0.396. The van der Waals surface area contributed by atoms with Gasteiger partial charge in [-0.1, -0.05) is 24.3 Å². The van der Waals surface area contributed by atoms with E-state index >= 15 is 0 Å². The highest BCUT2D eigenvalue weighted by Crippen LogP contribution is 2.32. The van der Waals surface area contributed by atoms with E-state index < -0.39 is 0 Å². The maximum Gasteiger partial charge on any atom is 0.251 e. The summed E-state index contributed by atoms with van der Waals surface area (Å²) in [5, 5.41) is 15.7. The molecule has 0 radical (unpaired) electrons. The topological polar surface area (TPSA) is 61.4 Å². The van der Waals surface area contributed by atoms with Crippen molar-refractivity contribution in [3.8, 4) is 5.75 Å². The number of nitrogens with one attached hydrogen (secondary N) is 2. The SMILES string of the molecule is O=C(NCCC1CNc2ccccc21)c1cccc(O)c1. The number of rotatable bonds is 4.